The summed E-state index contributed by atoms with van der Waals surface area (Å²) < 4.78 is -0.543. The Morgan fingerprint density at radius 3 is 1.15 bits per heavy atom. The first-order valence-corrected chi connectivity index (χ1v) is 12.8. The van der Waals surface area contributed by atoms with Crippen LogP contribution in [0.25, 0.3) is 21.5 Å². The minimum Gasteiger partial charge on any atom is -0.110 e. The zero-order valence-corrected chi connectivity index (χ0v) is 19.1. The largest absolute Gasteiger partial charge is 0.110 e. The van der Waals surface area contributed by atoms with Gasteiger partial charge in [-0.2, -0.15) is 0 Å². The van der Waals surface area contributed by atoms with E-state index in [-0.39, 0.29) is 8.92 Å². The van der Waals surface area contributed by atoms with Crippen molar-refractivity contribution in [3.8, 4) is 0 Å². The maximum atomic E-state index is 5.95. The van der Waals surface area contributed by atoms with E-state index in [2.05, 4.69) is 48.5 Å². The van der Waals surface area contributed by atoms with Gasteiger partial charge in [0.25, 0.3) is 0 Å². The number of alkyl halides is 4. The van der Waals surface area contributed by atoms with Crippen molar-refractivity contribution in [2.75, 3.05) is 0 Å². The number of rotatable bonds is 8. The van der Waals surface area contributed by atoms with Crippen molar-refractivity contribution in [2.24, 2.45) is 0 Å². The van der Waals surface area contributed by atoms with Crippen molar-refractivity contribution in [3.05, 3.63) is 59.7 Å². The van der Waals surface area contributed by atoms with E-state index in [4.69, 9.17) is 46.4 Å². The van der Waals surface area contributed by atoms with Crippen molar-refractivity contribution in [1.82, 2.24) is 0 Å². The average Bonchev–Trinajstić information content (AvgIpc) is 2.62. The zero-order chi connectivity index (χ0) is 18.5. The lowest BCUT2D eigenvalue weighted by atomic mass is 9.89. The minimum absolute atomic E-state index is 0.271. The van der Waals surface area contributed by atoms with Crippen LogP contribution in [0.1, 0.15) is 11.1 Å². The first kappa shape index (κ1) is 20.5. The highest BCUT2D eigenvalue weighted by Crippen LogP contribution is 2.34. The van der Waals surface area contributed by atoms with Crippen LogP contribution in [0.4, 0.5) is 0 Å². The fourth-order valence-electron chi connectivity index (χ4n) is 3.46. The molecular weight excluding hydrogens is 438 g/mol. The van der Waals surface area contributed by atoms with E-state index in [9.17, 15) is 0 Å². The van der Waals surface area contributed by atoms with Crippen LogP contribution in [-0.2, 0) is 12.8 Å². The molecule has 0 spiro atoms. The van der Waals surface area contributed by atoms with Crippen molar-refractivity contribution >= 4 is 87.0 Å². The highest BCUT2D eigenvalue weighted by Gasteiger charge is 2.14. The predicted molar refractivity (Wildman–Crippen MR) is 121 cm³/mol. The summed E-state index contributed by atoms with van der Waals surface area (Å²) in [4.78, 5) is 0. The zero-order valence-electron chi connectivity index (χ0n) is 14.1. The molecule has 0 bridgehead atoms. The van der Waals surface area contributed by atoms with E-state index >= 15 is 0 Å². The van der Waals surface area contributed by atoms with Gasteiger partial charge in [0.2, 0.25) is 0 Å². The van der Waals surface area contributed by atoms with Crippen LogP contribution in [0.15, 0.2) is 48.5 Å². The summed E-state index contributed by atoms with van der Waals surface area (Å²) >= 11 is 23.8. The molecule has 0 aliphatic heterocycles. The van der Waals surface area contributed by atoms with Crippen LogP contribution in [0.2, 0.25) is 12.1 Å². The molecule has 0 heterocycles. The maximum absolute atomic E-state index is 5.95. The Hall–Kier alpha value is -0.226. The molecule has 4 radical (unpaired) electrons. The van der Waals surface area contributed by atoms with Gasteiger partial charge < -0.3 is 0 Å². The third-order valence-corrected chi connectivity index (χ3v) is 8.05. The normalized spacial score (nSPS) is 11.9. The van der Waals surface area contributed by atoms with E-state index in [0.29, 0.717) is 19.0 Å². The molecule has 0 saturated heterocycles. The predicted octanol–water partition coefficient (Wildman–Crippen LogP) is 6.85. The Labute approximate surface area is 179 Å². The molecule has 3 aromatic rings. The van der Waals surface area contributed by atoms with E-state index < -0.39 is 0 Å². The molecule has 0 amide bonds. The first-order valence-electron chi connectivity index (χ1n) is 8.52. The number of fused-ring (bicyclic) bond motifs is 2. The molecule has 0 aliphatic rings. The topological polar surface area (TPSA) is 0 Å². The molecule has 0 saturated carbocycles. The second-order valence-corrected chi connectivity index (χ2v) is 12.7. The molecule has 6 heteroatoms. The van der Waals surface area contributed by atoms with Gasteiger partial charge in [0.1, 0.15) is 0 Å². The van der Waals surface area contributed by atoms with Crippen molar-refractivity contribution in [2.45, 2.75) is 33.8 Å². The van der Waals surface area contributed by atoms with E-state index in [1.54, 1.807) is 0 Å². The van der Waals surface area contributed by atoms with Crippen molar-refractivity contribution in [1.29, 1.82) is 0 Å². The van der Waals surface area contributed by atoms with Gasteiger partial charge in [0, 0.05) is 0 Å². The smallest absolute Gasteiger partial charge is 0.0929 e. The number of hydrogen-bond acceptors (Lipinski definition) is 0. The van der Waals surface area contributed by atoms with Gasteiger partial charge in [-0.05, 0) is 45.5 Å². The van der Waals surface area contributed by atoms with Crippen LogP contribution in [0, 0.1) is 0 Å². The second kappa shape index (κ2) is 9.81. The summed E-state index contributed by atoms with van der Waals surface area (Å²) in [6, 6.07) is 19.4. The molecule has 134 valence electrons. The molecule has 0 atom stereocenters. The van der Waals surface area contributed by atoms with Gasteiger partial charge in [-0.25, -0.2) is 0 Å². The number of aryl methyl sites for hydroxylation is 2. The summed E-state index contributed by atoms with van der Waals surface area (Å²) in [5, 5.41) is 5.35. The molecular formula is C20H18Cl4Si2. The lowest BCUT2D eigenvalue weighted by Crippen LogP contribution is -2.05. The lowest BCUT2D eigenvalue weighted by molar-refractivity contribution is 1.13. The van der Waals surface area contributed by atoms with Crippen molar-refractivity contribution < 1.29 is 0 Å². The number of hydrogen-bond donors (Lipinski definition) is 0. The summed E-state index contributed by atoms with van der Waals surface area (Å²) in [5.74, 6) is 0. The standard InChI is InChI=1S/C20H18Cl4Si2/c21-19(22)25-11-9-17-13-5-1-2-6-14(13)18(10-12-26-20(23)24)16-8-4-3-7-15(16)17/h1-8,19-20H,9-12H2. The van der Waals surface area contributed by atoms with Crippen LogP contribution >= 0.6 is 46.4 Å². The fourth-order valence-corrected chi connectivity index (χ4v) is 5.99. The lowest BCUT2D eigenvalue weighted by Gasteiger charge is -2.17. The third kappa shape index (κ3) is 4.98. The van der Waals surface area contributed by atoms with Gasteiger partial charge in [-0.15, -0.1) is 46.4 Å². The Kier molecular flexibility index (Phi) is 7.74. The summed E-state index contributed by atoms with van der Waals surface area (Å²) in [7, 11) is 1.11. The average molecular weight is 456 g/mol. The highest BCUT2D eigenvalue weighted by atomic mass is 35.5. The van der Waals surface area contributed by atoms with Gasteiger partial charge in [-0.3, -0.25) is 0 Å². The monoisotopic (exact) mass is 454 g/mol. The van der Waals surface area contributed by atoms with Gasteiger partial charge >= 0.3 is 0 Å². The van der Waals surface area contributed by atoms with Gasteiger partial charge in [-0.1, -0.05) is 60.6 Å². The van der Waals surface area contributed by atoms with Crippen LogP contribution in [0.3, 0.4) is 0 Å². The Balaban J connectivity index is 2.09. The molecule has 3 aromatic carbocycles. The quantitative estimate of drug-likeness (QED) is 0.198. The second-order valence-electron chi connectivity index (χ2n) is 6.06. The Bertz CT molecular complexity index is 751. The van der Waals surface area contributed by atoms with Gasteiger partial charge in [0.15, 0.2) is 0 Å². The van der Waals surface area contributed by atoms with E-state index in [1.165, 1.54) is 32.7 Å². The number of benzene rings is 3. The Morgan fingerprint density at radius 1 is 0.577 bits per heavy atom. The maximum Gasteiger partial charge on any atom is 0.0929 e. The molecule has 0 unspecified atom stereocenters. The minimum atomic E-state index is -0.271. The van der Waals surface area contributed by atoms with E-state index in [1.807, 2.05) is 0 Å². The van der Waals surface area contributed by atoms with Crippen LogP contribution in [-0.4, -0.2) is 28.0 Å². The van der Waals surface area contributed by atoms with Gasteiger partial charge in [0.05, 0.1) is 28.0 Å². The third-order valence-electron chi connectivity index (χ3n) is 4.50. The highest BCUT2D eigenvalue weighted by molar-refractivity contribution is 6.69. The first-order chi connectivity index (χ1) is 12.6. The van der Waals surface area contributed by atoms with Crippen LogP contribution in [0.5, 0.6) is 0 Å². The Morgan fingerprint density at radius 2 is 0.885 bits per heavy atom. The molecule has 0 aliphatic carbocycles. The fraction of sp³-hybridized carbons (Fsp3) is 0.300. The molecule has 3 rings (SSSR count). The van der Waals surface area contributed by atoms with Crippen LogP contribution < -0.4 is 0 Å². The number of halogens is 4. The molecule has 0 nitrogen and oxygen atoms in total. The summed E-state index contributed by atoms with van der Waals surface area (Å²) in [5.41, 5.74) is 2.80. The SMILES string of the molecule is ClC(Cl)[Si]CCc1c2ccccc2c(CC[Si]C(Cl)Cl)c2ccccc12. The van der Waals surface area contributed by atoms with E-state index in [0.717, 1.165) is 24.9 Å². The van der Waals surface area contributed by atoms with Crippen molar-refractivity contribution in [3.63, 3.8) is 0 Å². The molecule has 26 heavy (non-hydrogen) atoms. The summed E-state index contributed by atoms with van der Waals surface area (Å²) in [6.07, 6.45) is 1.98. The molecule has 0 aromatic heterocycles. The summed E-state index contributed by atoms with van der Waals surface area (Å²) in [6.45, 7) is 0. The molecule has 0 fully saturated rings. The molecule has 0 N–H and O–H groups in total.